The number of anilines is 2. The average Bonchev–Trinajstić information content (AvgIpc) is 3.13. The number of nitrogens with zero attached hydrogens (tertiary/aromatic N) is 4. The van der Waals surface area contributed by atoms with Crippen LogP contribution in [0.4, 0.5) is 11.5 Å². The molecule has 0 saturated carbocycles. The second-order valence-corrected chi connectivity index (χ2v) is 7.76. The molecule has 1 aliphatic rings. The van der Waals surface area contributed by atoms with Gasteiger partial charge in [-0.05, 0) is 31.2 Å². The van der Waals surface area contributed by atoms with Crippen molar-refractivity contribution in [3.63, 3.8) is 0 Å². The van der Waals surface area contributed by atoms with Gasteiger partial charge >= 0.3 is 14.0 Å². The van der Waals surface area contributed by atoms with E-state index in [0.717, 1.165) is 12.4 Å². The number of benzene rings is 1. The Kier molecular flexibility index (Phi) is 5.68. The van der Waals surface area contributed by atoms with Gasteiger partial charge in [0.15, 0.2) is 0 Å². The topological polar surface area (TPSA) is 38.4 Å². The minimum Gasteiger partial charge on any atom is -0.416 e. The van der Waals surface area contributed by atoms with Crippen LogP contribution < -0.4 is 8.95 Å². The number of aromatic amines is 1. The molecule has 1 aromatic heterocycles. The maximum absolute atomic E-state index is 4.16. The molecule has 24 heavy (non-hydrogen) atoms. The van der Waals surface area contributed by atoms with E-state index in [-0.39, 0.29) is 9.84 Å². The summed E-state index contributed by atoms with van der Waals surface area (Å²) in [6.45, 7) is 8.84. The monoisotopic (exact) mass is 338 g/mol. The van der Waals surface area contributed by atoms with E-state index in [2.05, 4.69) is 80.8 Å². The predicted molar refractivity (Wildman–Crippen MR) is 107 cm³/mol. The molecule has 1 radical (unpaired) electrons. The third-order valence-electron chi connectivity index (χ3n) is 4.85. The van der Waals surface area contributed by atoms with Crippen molar-refractivity contribution in [3.8, 4) is 0 Å². The fourth-order valence-electron chi connectivity index (χ4n) is 3.42. The van der Waals surface area contributed by atoms with Gasteiger partial charge in [0.1, 0.15) is 5.82 Å². The predicted octanol–water partition coefficient (Wildman–Crippen LogP) is 2.73. The fourth-order valence-corrected chi connectivity index (χ4v) is 4.99. The van der Waals surface area contributed by atoms with E-state index in [9.17, 15) is 0 Å². The summed E-state index contributed by atoms with van der Waals surface area (Å²) in [5.74, 6) is 1.12. The molecule has 125 valence electrons. The lowest BCUT2D eigenvalue weighted by Crippen LogP contribution is -2.72. The molecule has 1 fully saturated rings. The zero-order valence-electron chi connectivity index (χ0n) is 14.9. The zero-order chi connectivity index (χ0) is 16.9. The Balaban J connectivity index is 1.86. The fraction of sp³-hybridized carbons (Fsp3) is 0.438. The van der Waals surface area contributed by atoms with Crippen LogP contribution in [0.15, 0.2) is 42.6 Å². The van der Waals surface area contributed by atoms with E-state index in [1.165, 1.54) is 24.9 Å². The summed E-state index contributed by atoms with van der Waals surface area (Å²) in [5.41, 5.74) is 1.30. The van der Waals surface area contributed by atoms with Crippen LogP contribution in [0.3, 0.4) is 0 Å². The van der Waals surface area contributed by atoms with Gasteiger partial charge in [-0.2, -0.15) is 5.10 Å². The highest BCUT2D eigenvalue weighted by Crippen LogP contribution is 2.25. The molecule has 0 atom stereocenters. The van der Waals surface area contributed by atoms with E-state index in [1.807, 2.05) is 6.20 Å². The van der Waals surface area contributed by atoms with Crippen LogP contribution in [-0.4, -0.2) is 45.3 Å². The van der Waals surface area contributed by atoms with Crippen molar-refractivity contribution in [2.45, 2.75) is 39.8 Å². The van der Waals surface area contributed by atoms with Crippen molar-refractivity contribution in [2.75, 3.05) is 15.5 Å². The van der Waals surface area contributed by atoms with Crippen LogP contribution in [0.1, 0.15) is 26.2 Å². The molecule has 0 spiro atoms. The smallest absolute Gasteiger partial charge is 0.323 e. The first kappa shape index (κ1) is 17.2. The van der Waals surface area contributed by atoms with Gasteiger partial charge in [0.25, 0.3) is 9.84 Å². The van der Waals surface area contributed by atoms with Gasteiger partial charge in [0.2, 0.25) is 0 Å². The number of para-hydroxylation sites is 1. The third-order valence-corrected chi connectivity index (χ3v) is 6.79. The van der Waals surface area contributed by atoms with E-state index >= 15 is 0 Å². The number of rotatable bonds is 6. The van der Waals surface area contributed by atoms with Gasteiger partial charge in [-0.3, -0.25) is 5.10 Å². The number of nitrogens with one attached hydrogen (secondary N) is 1. The summed E-state index contributed by atoms with van der Waals surface area (Å²) in [4.78, 5) is 0. The van der Waals surface area contributed by atoms with Crippen molar-refractivity contribution in [1.82, 2.24) is 14.9 Å². The van der Waals surface area contributed by atoms with Gasteiger partial charge in [-0.1, -0.05) is 51.6 Å². The van der Waals surface area contributed by atoms with Gasteiger partial charge in [-0.25, -0.2) is 0 Å². The molecule has 8 heteroatoms. The number of hydrogen-bond donors (Lipinski definition) is 1. The van der Waals surface area contributed by atoms with Crippen LogP contribution in [0.5, 0.6) is 0 Å². The molecule has 1 N–H and O–H groups in total. The van der Waals surface area contributed by atoms with E-state index < -0.39 is 0 Å². The highest BCUT2D eigenvalue weighted by molar-refractivity contribution is 6.92. The molecule has 0 aliphatic carbocycles. The Morgan fingerprint density at radius 2 is 1.79 bits per heavy atom. The SMILES string of the molecule is CCCCCN1B(C)N(c2ccccc2)[SiH]N(c2ccn[nH]2)B1C. The van der Waals surface area contributed by atoms with Gasteiger partial charge in [-0.15, -0.1) is 0 Å². The summed E-state index contributed by atoms with van der Waals surface area (Å²) in [6.07, 6.45) is 5.64. The van der Waals surface area contributed by atoms with Crippen LogP contribution in [0.25, 0.3) is 0 Å². The first-order valence-corrected chi connectivity index (χ1v) is 9.97. The van der Waals surface area contributed by atoms with E-state index in [0.29, 0.717) is 14.0 Å². The summed E-state index contributed by atoms with van der Waals surface area (Å²) in [7, 11) is -0.0354. The molecule has 2 heterocycles. The summed E-state index contributed by atoms with van der Waals surface area (Å²) >= 11 is 0. The number of hydrogen-bond acceptors (Lipinski definition) is 4. The lowest BCUT2D eigenvalue weighted by molar-refractivity contribution is 0.571. The zero-order valence-corrected chi connectivity index (χ0v) is 16.0. The molecule has 3 rings (SSSR count). The highest BCUT2D eigenvalue weighted by Gasteiger charge is 2.41. The molecule has 2 aromatic rings. The molecule has 1 aromatic carbocycles. The highest BCUT2D eigenvalue weighted by atomic mass is 28.2. The third kappa shape index (κ3) is 3.54. The second kappa shape index (κ2) is 7.94. The Labute approximate surface area is 148 Å². The Morgan fingerprint density at radius 1 is 1.04 bits per heavy atom. The second-order valence-electron chi connectivity index (χ2n) is 6.42. The Bertz CT molecular complexity index is 612. The van der Waals surface area contributed by atoms with Crippen LogP contribution in [-0.2, 0) is 0 Å². The van der Waals surface area contributed by atoms with Crippen molar-refractivity contribution in [3.05, 3.63) is 42.6 Å². The molecular formula is C16H26B2N5Si. The minimum atomic E-state index is -0.0354. The van der Waals surface area contributed by atoms with Gasteiger partial charge in [0, 0.05) is 5.69 Å². The van der Waals surface area contributed by atoms with Gasteiger partial charge < -0.3 is 13.7 Å². The van der Waals surface area contributed by atoms with Crippen LogP contribution in [0, 0.1) is 0 Å². The Hall–Kier alpha value is -1.66. The molecule has 0 unspecified atom stereocenters. The van der Waals surface area contributed by atoms with Crippen molar-refractivity contribution in [1.29, 1.82) is 0 Å². The summed E-state index contributed by atoms with van der Waals surface area (Å²) in [6, 6.07) is 12.8. The normalized spacial score (nSPS) is 16.1. The first-order valence-electron chi connectivity index (χ1n) is 8.94. The van der Waals surface area contributed by atoms with Crippen molar-refractivity contribution >= 4 is 35.3 Å². The van der Waals surface area contributed by atoms with Crippen molar-refractivity contribution in [2.24, 2.45) is 0 Å². The molecule has 0 bridgehead atoms. The molecule has 5 nitrogen and oxygen atoms in total. The lowest BCUT2D eigenvalue weighted by atomic mass is 9.61. The lowest BCUT2D eigenvalue weighted by Gasteiger charge is -2.49. The Morgan fingerprint density at radius 3 is 2.46 bits per heavy atom. The maximum Gasteiger partial charge on any atom is 0.323 e. The van der Waals surface area contributed by atoms with E-state index in [4.69, 9.17) is 0 Å². The molecule has 0 amide bonds. The number of H-pyrrole nitrogens is 1. The standard InChI is InChI=1S/C16H26B2N5Si/c1-4-5-9-14-21-17(2)22(15-10-7-6-8-11-15)24-23(18(21)3)16-12-13-19-20-16/h6-8,10-13,24H,4-5,9,14H2,1-3H3,(H,19,20). The average molecular weight is 338 g/mol. The van der Waals surface area contributed by atoms with Crippen LogP contribution in [0.2, 0.25) is 13.6 Å². The maximum atomic E-state index is 4.16. The molecular weight excluding hydrogens is 312 g/mol. The largest absolute Gasteiger partial charge is 0.416 e. The minimum absolute atomic E-state index is 0.0354. The van der Waals surface area contributed by atoms with Gasteiger partial charge in [0.05, 0.1) is 6.20 Å². The number of aromatic nitrogens is 2. The first-order chi connectivity index (χ1) is 11.7. The van der Waals surface area contributed by atoms with E-state index in [1.54, 1.807) is 0 Å². The number of unbranched alkanes of at least 4 members (excludes halogenated alkanes) is 2. The van der Waals surface area contributed by atoms with Crippen molar-refractivity contribution < 1.29 is 0 Å². The molecule has 1 aliphatic heterocycles. The molecule has 1 saturated heterocycles. The van der Waals surface area contributed by atoms with Crippen LogP contribution >= 0.6 is 0 Å². The summed E-state index contributed by atoms with van der Waals surface area (Å²) in [5, 5.41) is 7.31. The quantitative estimate of drug-likeness (QED) is 0.649. The summed E-state index contributed by atoms with van der Waals surface area (Å²) < 4.78 is 7.64.